The summed E-state index contributed by atoms with van der Waals surface area (Å²) in [5, 5.41) is 4.25. The van der Waals surface area contributed by atoms with Gasteiger partial charge in [0, 0.05) is 29.0 Å². The number of nitrogens with zero attached hydrogens (tertiary/aromatic N) is 3. The Bertz CT molecular complexity index is 1290. The van der Waals surface area contributed by atoms with Crippen molar-refractivity contribution < 1.29 is 4.74 Å². The van der Waals surface area contributed by atoms with Crippen LogP contribution < -0.4 is 15.0 Å². The monoisotopic (exact) mass is 468 g/mol. The van der Waals surface area contributed by atoms with Crippen LogP contribution in [0.4, 0.5) is 5.69 Å². The number of pyridine rings is 1. The highest BCUT2D eigenvalue weighted by molar-refractivity contribution is 7.80. The van der Waals surface area contributed by atoms with E-state index < -0.39 is 0 Å². The topological polar surface area (TPSA) is 42.3 Å². The maximum atomic E-state index is 5.89. The average Bonchev–Trinajstić information content (AvgIpc) is 3.36. The number of aryl methyl sites for hydroxylation is 1. The lowest BCUT2D eigenvalue weighted by Gasteiger charge is -2.28. The fraction of sp³-hybridized carbons (Fsp3) is 0.214. The number of nitrogens with one attached hydrogen (secondary N) is 1. The van der Waals surface area contributed by atoms with E-state index in [9.17, 15) is 0 Å². The summed E-state index contributed by atoms with van der Waals surface area (Å²) in [5.41, 5.74) is 6.74. The number of benzene rings is 2. The van der Waals surface area contributed by atoms with Crippen molar-refractivity contribution in [2.24, 2.45) is 0 Å². The highest BCUT2D eigenvalue weighted by Crippen LogP contribution is 2.44. The first kappa shape index (κ1) is 22.2. The summed E-state index contributed by atoms with van der Waals surface area (Å²) in [4.78, 5) is 6.89. The van der Waals surface area contributed by atoms with Crippen molar-refractivity contribution in [1.82, 2.24) is 14.9 Å². The van der Waals surface area contributed by atoms with Gasteiger partial charge in [-0.25, -0.2) is 0 Å². The van der Waals surface area contributed by atoms with E-state index in [1.54, 1.807) is 0 Å². The van der Waals surface area contributed by atoms with E-state index in [0.717, 1.165) is 22.8 Å². The zero-order chi connectivity index (χ0) is 23.7. The van der Waals surface area contributed by atoms with Crippen LogP contribution in [0.1, 0.15) is 41.7 Å². The van der Waals surface area contributed by atoms with Crippen molar-refractivity contribution in [3.8, 4) is 11.4 Å². The van der Waals surface area contributed by atoms with Crippen LogP contribution in [0.25, 0.3) is 5.69 Å². The fourth-order valence-electron chi connectivity index (χ4n) is 4.88. The molecule has 5 nitrogen and oxygen atoms in total. The molecule has 1 aliphatic heterocycles. The van der Waals surface area contributed by atoms with E-state index in [1.807, 2.05) is 43.5 Å². The normalized spacial score (nSPS) is 17.6. The van der Waals surface area contributed by atoms with Crippen molar-refractivity contribution in [2.75, 3.05) is 11.5 Å². The number of anilines is 1. The van der Waals surface area contributed by atoms with Gasteiger partial charge in [0.1, 0.15) is 5.75 Å². The third-order valence-corrected chi connectivity index (χ3v) is 6.64. The predicted octanol–water partition coefficient (Wildman–Crippen LogP) is 6.06. The van der Waals surface area contributed by atoms with Crippen molar-refractivity contribution in [2.45, 2.75) is 32.9 Å². The van der Waals surface area contributed by atoms with Crippen LogP contribution in [-0.2, 0) is 0 Å². The van der Waals surface area contributed by atoms with Crippen molar-refractivity contribution in [1.29, 1.82) is 0 Å². The molecule has 34 heavy (non-hydrogen) atoms. The molecule has 2 atom stereocenters. The van der Waals surface area contributed by atoms with Gasteiger partial charge in [0.2, 0.25) is 0 Å². The van der Waals surface area contributed by atoms with E-state index in [1.165, 1.54) is 17.0 Å². The van der Waals surface area contributed by atoms with Gasteiger partial charge in [0.25, 0.3) is 0 Å². The standard InChI is InChI=1S/C28H28N4OS/c1-4-33-23-15-13-22(14-16-23)32-27(26(30-28(32)34)25-12-8-9-17-29-25)24-18-19(2)31(20(24)3)21-10-6-5-7-11-21/h5-18,26-27H,4H2,1-3H3,(H,30,34)/t26-,27-/m0/s1. The first-order valence-corrected chi connectivity index (χ1v) is 12.0. The molecular formula is C28H28N4OS. The molecule has 1 N–H and O–H groups in total. The summed E-state index contributed by atoms with van der Waals surface area (Å²) < 4.78 is 7.97. The van der Waals surface area contributed by atoms with Crippen LogP contribution in [0, 0.1) is 13.8 Å². The number of aromatic nitrogens is 2. The summed E-state index contributed by atoms with van der Waals surface area (Å²) in [6.45, 7) is 6.96. The van der Waals surface area contributed by atoms with Gasteiger partial charge < -0.3 is 19.5 Å². The van der Waals surface area contributed by atoms with Gasteiger partial charge in [0.15, 0.2) is 5.11 Å². The Balaban J connectivity index is 1.64. The van der Waals surface area contributed by atoms with Gasteiger partial charge in [-0.1, -0.05) is 24.3 Å². The first-order chi connectivity index (χ1) is 16.6. The van der Waals surface area contributed by atoms with Crippen LogP contribution in [0.2, 0.25) is 0 Å². The Morgan fingerprint density at radius 1 is 0.941 bits per heavy atom. The van der Waals surface area contributed by atoms with Crippen LogP contribution in [0.5, 0.6) is 5.75 Å². The molecule has 6 heteroatoms. The second-order valence-corrected chi connectivity index (χ2v) is 8.81. The van der Waals surface area contributed by atoms with Crippen molar-refractivity contribution in [3.05, 3.63) is 108 Å². The van der Waals surface area contributed by atoms with Gasteiger partial charge in [0.05, 0.1) is 24.4 Å². The molecule has 4 aromatic rings. The zero-order valence-corrected chi connectivity index (χ0v) is 20.4. The Kier molecular flexibility index (Phi) is 6.07. The van der Waals surface area contributed by atoms with Crippen LogP contribution in [0.15, 0.2) is 85.1 Å². The molecule has 1 saturated heterocycles. The van der Waals surface area contributed by atoms with E-state index in [-0.39, 0.29) is 12.1 Å². The van der Waals surface area contributed by atoms with Crippen molar-refractivity contribution in [3.63, 3.8) is 0 Å². The van der Waals surface area contributed by atoms with E-state index >= 15 is 0 Å². The summed E-state index contributed by atoms with van der Waals surface area (Å²) in [6.07, 6.45) is 1.84. The predicted molar refractivity (Wildman–Crippen MR) is 141 cm³/mol. The van der Waals surface area contributed by atoms with Crippen molar-refractivity contribution >= 4 is 23.0 Å². The SMILES string of the molecule is CCOc1ccc(N2C(=S)N[C@@H](c3ccccn3)[C@@H]2c2cc(C)n(-c3ccccc3)c2C)cc1. The minimum absolute atomic E-state index is 0.0518. The molecule has 5 rings (SSSR count). The van der Waals surface area contributed by atoms with E-state index in [0.29, 0.717) is 11.7 Å². The molecule has 2 aromatic heterocycles. The summed E-state index contributed by atoms with van der Waals surface area (Å²) in [5.74, 6) is 0.851. The molecule has 3 heterocycles. The molecule has 0 aliphatic carbocycles. The fourth-order valence-corrected chi connectivity index (χ4v) is 5.23. The summed E-state index contributed by atoms with van der Waals surface area (Å²) in [6, 6.07) is 26.8. The Morgan fingerprint density at radius 2 is 1.68 bits per heavy atom. The number of hydrogen-bond donors (Lipinski definition) is 1. The highest BCUT2D eigenvalue weighted by atomic mass is 32.1. The average molecular weight is 469 g/mol. The Morgan fingerprint density at radius 3 is 2.35 bits per heavy atom. The maximum absolute atomic E-state index is 5.89. The quantitative estimate of drug-likeness (QED) is 0.348. The van der Waals surface area contributed by atoms with Gasteiger partial charge in [-0.15, -0.1) is 0 Å². The van der Waals surface area contributed by atoms with Gasteiger partial charge in [-0.3, -0.25) is 4.98 Å². The Labute approximate surface area is 206 Å². The highest BCUT2D eigenvalue weighted by Gasteiger charge is 2.42. The van der Waals surface area contributed by atoms with Gasteiger partial charge >= 0.3 is 0 Å². The van der Waals surface area contributed by atoms with E-state index in [4.69, 9.17) is 17.0 Å². The number of ether oxygens (including phenoxy) is 1. The number of thiocarbonyl (C=S) groups is 1. The molecule has 0 unspecified atom stereocenters. The molecule has 0 radical (unpaired) electrons. The lowest BCUT2D eigenvalue weighted by molar-refractivity contribution is 0.340. The maximum Gasteiger partial charge on any atom is 0.174 e. The number of rotatable bonds is 6. The summed E-state index contributed by atoms with van der Waals surface area (Å²) in [7, 11) is 0. The lowest BCUT2D eigenvalue weighted by atomic mass is 9.96. The number of para-hydroxylation sites is 1. The zero-order valence-electron chi connectivity index (χ0n) is 19.6. The minimum atomic E-state index is -0.0787. The molecular weight excluding hydrogens is 440 g/mol. The molecule has 1 fully saturated rings. The largest absolute Gasteiger partial charge is 0.494 e. The summed E-state index contributed by atoms with van der Waals surface area (Å²) >= 11 is 5.89. The first-order valence-electron chi connectivity index (χ1n) is 11.6. The second-order valence-electron chi connectivity index (χ2n) is 8.42. The molecule has 1 aliphatic rings. The molecule has 0 bridgehead atoms. The molecule has 172 valence electrons. The van der Waals surface area contributed by atoms with Crippen LogP contribution in [-0.4, -0.2) is 21.3 Å². The van der Waals surface area contributed by atoms with Gasteiger partial charge in [-0.2, -0.15) is 0 Å². The molecule has 0 saturated carbocycles. The Hall–Kier alpha value is -3.64. The molecule has 0 spiro atoms. The smallest absolute Gasteiger partial charge is 0.174 e. The molecule has 0 amide bonds. The molecule has 2 aromatic carbocycles. The van der Waals surface area contributed by atoms with Gasteiger partial charge in [-0.05, 0) is 93.1 Å². The third-order valence-electron chi connectivity index (χ3n) is 6.33. The minimum Gasteiger partial charge on any atom is -0.494 e. The second kappa shape index (κ2) is 9.31. The lowest BCUT2D eigenvalue weighted by Crippen LogP contribution is -2.29. The number of hydrogen-bond acceptors (Lipinski definition) is 3. The van der Waals surface area contributed by atoms with E-state index in [2.05, 4.69) is 82.1 Å². The van der Waals surface area contributed by atoms with Crippen LogP contribution in [0.3, 0.4) is 0 Å². The third kappa shape index (κ3) is 3.94. The van der Waals surface area contributed by atoms with Crippen LogP contribution >= 0.6 is 12.2 Å².